The minimum atomic E-state index is -0.328. The molecule has 3 rings (SSSR count). The van der Waals surface area contributed by atoms with Gasteiger partial charge in [-0.1, -0.05) is 18.2 Å². The summed E-state index contributed by atoms with van der Waals surface area (Å²) in [5.41, 5.74) is 2.71. The predicted molar refractivity (Wildman–Crippen MR) is 90.1 cm³/mol. The van der Waals surface area contributed by atoms with Crippen molar-refractivity contribution in [1.29, 1.82) is 0 Å². The maximum Gasteiger partial charge on any atom is 0.230 e. The van der Waals surface area contributed by atoms with E-state index in [0.29, 0.717) is 28.6 Å². The van der Waals surface area contributed by atoms with Crippen molar-refractivity contribution in [2.24, 2.45) is 0 Å². The fourth-order valence-electron chi connectivity index (χ4n) is 2.41. The van der Waals surface area contributed by atoms with Gasteiger partial charge in [0.05, 0.1) is 12.1 Å². The number of hydrogen-bond acceptors (Lipinski definition) is 3. The quantitative estimate of drug-likeness (QED) is 0.779. The number of rotatable bonds is 4. The fourth-order valence-corrected chi connectivity index (χ4v) is 2.41. The van der Waals surface area contributed by atoms with E-state index in [0.717, 1.165) is 5.56 Å². The number of nitrogens with zero attached hydrogens (tertiary/aromatic N) is 1. The first-order chi connectivity index (χ1) is 11.5. The predicted octanol–water partition coefficient (Wildman–Crippen LogP) is 4.28. The number of carbonyl (C=O) groups excluding carboxylic acids is 1. The zero-order chi connectivity index (χ0) is 17.1. The van der Waals surface area contributed by atoms with Gasteiger partial charge in [0.25, 0.3) is 0 Å². The molecule has 0 radical (unpaired) electrons. The summed E-state index contributed by atoms with van der Waals surface area (Å²) in [7, 11) is 0. The summed E-state index contributed by atoms with van der Waals surface area (Å²) >= 11 is 0. The first kappa shape index (κ1) is 15.9. The molecule has 0 bridgehead atoms. The number of aromatic nitrogens is 1. The van der Waals surface area contributed by atoms with Gasteiger partial charge in [-0.3, -0.25) is 4.79 Å². The molecule has 122 valence electrons. The number of aryl methyl sites for hydroxylation is 2. The molecular formula is C19H17FN2O2. The molecule has 5 heteroatoms. The van der Waals surface area contributed by atoms with Crippen LogP contribution >= 0.6 is 0 Å². The highest BCUT2D eigenvalue weighted by molar-refractivity contribution is 5.92. The van der Waals surface area contributed by atoms with E-state index in [-0.39, 0.29) is 18.1 Å². The Hall–Kier alpha value is -2.95. The lowest BCUT2D eigenvalue weighted by atomic mass is 10.2. The van der Waals surface area contributed by atoms with Crippen LogP contribution in [0.15, 0.2) is 52.9 Å². The van der Waals surface area contributed by atoms with E-state index in [1.165, 1.54) is 12.1 Å². The lowest BCUT2D eigenvalue weighted by Gasteiger charge is -2.07. The van der Waals surface area contributed by atoms with Crippen molar-refractivity contribution < 1.29 is 13.6 Å². The molecule has 0 saturated carbocycles. The van der Waals surface area contributed by atoms with E-state index in [4.69, 9.17) is 4.42 Å². The van der Waals surface area contributed by atoms with Crippen LogP contribution in [-0.2, 0) is 11.2 Å². The molecule has 4 nitrogen and oxygen atoms in total. The van der Waals surface area contributed by atoms with Gasteiger partial charge < -0.3 is 9.73 Å². The Bertz CT molecular complexity index is 872. The molecule has 0 fully saturated rings. The van der Waals surface area contributed by atoms with Crippen LogP contribution in [0.3, 0.4) is 0 Å². The van der Waals surface area contributed by atoms with Gasteiger partial charge in [-0.15, -0.1) is 0 Å². The fraction of sp³-hybridized carbons (Fsp3) is 0.158. The van der Waals surface area contributed by atoms with Crippen LogP contribution in [0.25, 0.3) is 11.5 Å². The molecule has 0 saturated heterocycles. The Labute approximate surface area is 139 Å². The van der Waals surface area contributed by atoms with Crippen molar-refractivity contribution in [3.63, 3.8) is 0 Å². The molecule has 1 amide bonds. The van der Waals surface area contributed by atoms with Gasteiger partial charge >= 0.3 is 0 Å². The first-order valence-corrected chi connectivity index (χ1v) is 7.60. The molecule has 0 aliphatic heterocycles. The number of amides is 1. The van der Waals surface area contributed by atoms with Crippen molar-refractivity contribution in [1.82, 2.24) is 4.98 Å². The van der Waals surface area contributed by atoms with Crippen LogP contribution < -0.4 is 5.32 Å². The van der Waals surface area contributed by atoms with Crippen molar-refractivity contribution in [3.05, 3.63) is 71.4 Å². The smallest absolute Gasteiger partial charge is 0.230 e. The number of anilines is 1. The van der Waals surface area contributed by atoms with Gasteiger partial charge in [0.1, 0.15) is 11.6 Å². The van der Waals surface area contributed by atoms with Gasteiger partial charge in [-0.05, 0) is 49.7 Å². The molecule has 0 atom stereocenters. The number of nitrogens with one attached hydrogen (secondary N) is 1. The number of benzene rings is 2. The van der Waals surface area contributed by atoms with Crippen molar-refractivity contribution in [2.75, 3.05) is 5.32 Å². The van der Waals surface area contributed by atoms with Crippen LogP contribution in [0, 0.1) is 19.7 Å². The third kappa shape index (κ3) is 3.51. The zero-order valence-corrected chi connectivity index (χ0v) is 13.5. The molecule has 0 spiro atoms. The lowest BCUT2D eigenvalue weighted by Crippen LogP contribution is -2.16. The zero-order valence-electron chi connectivity index (χ0n) is 13.5. The van der Waals surface area contributed by atoms with Crippen molar-refractivity contribution >= 4 is 11.6 Å². The van der Waals surface area contributed by atoms with Crippen LogP contribution in [0.1, 0.15) is 17.0 Å². The summed E-state index contributed by atoms with van der Waals surface area (Å²) in [4.78, 5) is 16.6. The summed E-state index contributed by atoms with van der Waals surface area (Å²) < 4.78 is 18.8. The van der Waals surface area contributed by atoms with E-state index < -0.39 is 0 Å². The molecule has 1 aromatic heterocycles. The molecule has 0 aliphatic rings. The third-order valence-electron chi connectivity index (χ3n) is 3.70. The third-order valence-corrected chi connectivity index (χ3v) is 3.70. The SMILES string of the molecule is Cc1cc(F)ccc1NC(=O)Cc1nc(-c2ccccc2)oc1C. The van der Waals surface area contributed by atoms with E-state index >= 15 is 0 Å². The minimum absolute atomic E-state index is 0.0962. The second kappa shape index (κ2) is 6.66. The van der Waals surface area contributed by atoms with Crippen LogP contribution in [0.5, 0.6) is 0 Å². The Morgan fingerprint density at radius 2 is 1.92 bits per heavy atom. The van der Waals surface area contributed by atoms with Gasteiger partial charge in [0.2, 0.25) is 11.8 Å². The normalized spacial score (nSPS) is 10.6. The maximum atomic E-state index is 13.1. The Kier molecular flexibility index (Phi) is 4.42. The van der Waals surface area contributed by atoms with Crippen LogP contribution in [0.2, 0.25) is 0 Å². The van der Waals surface area contributed by atoms with E-state index in [1.54, 1.807) is 19.9 Å². The lowest BCUT2D eigenvalue weighted by molar-refractivity contribution is -0.115. The van der Waals surface area contributed by atoms with Crippen LogP contribution in [-0.4, -0.2) is 10.9 Å². The average molecular weight is 324 g/mol. The standard InChI is InChI=1S/C19H17FN2O2/c1-12-10-15(20)8-9-16(12)21-18(23)11-17-13(2)24-19(22-17)14-6-4-3-5-7-14/h3-10H,11H2,1-2H3,(H,21,23). The summed E-state index contributed by atoms with van der Waals surface area (Å²) in [5, 5.41) is 2.77. The second-order valence-corrected chi connectivity index (χ2v) is 5.57. The summed E-state index contributed by atoms with van der Waals surface area (Å²) in [6.45, 7) is 3.53. The summed E-state index contributed by atoms with van der Waals surface area (Å²) in [6, 6.07) is 13.8. The van der Waals surface area contributed by atoms with Crippen LogP contribution in [0.4, 0.5) is 10.1 Å². The number of hydrogen-bond donors (Lipinski definition) is 1. The van der Waals surface area contributed by atoms with E-state index in [9.17, 15) is 9.18 Å². The Balaban J connectivity index is 1.74. The molecule has 3 aromatic rings. The Morgan fingerprint density at radius 1 is 1.17 bits per heavy atom. The van der Waals surface area contributed by atoms with Crippen molar-refractivity contribution in [3.8, 4) is 11.5 Å². The second-order valence-electron chi connectivity index (χ2n) is 5.57. The van der Waals surface area contributed by atoms with E-state index in [2.05, 4.69) is 10.3 Å². The highest BCUT2D eigenvalue weighted by Gasteiger charge is 2.15. The number of carbonyl (C=O) groups is 1. The summed E-state index contributed by atoms with van der Waals surface area (Å²) in [6.07, 6.45) is 0.0962. The maximum absolute atomic E-state index is 13.1. The van der Waals surface area contributed by atoms with Gasteiger partial charge in [-0.25, -0.2) is 9.37 Å². The highest BCUT2D eigenvalue weighted by atomic mass is 19.1. The molecule has 1 N–H and O–H groups in total. The largest absolute Gasteiger partial charge is 0.441 e. The number of oxazole rings is 1. The molecule has 2 aromatic carbocycles. The van der Waals surface area contributed by atoms with Gasteiger partial charge in [0.15, 0.2) is 0 Å². The molecular weight excluding hydrogens is 307 g/mol. The summed E-state index contributed by atoms with van der Waals surface area (Å²) in [5.74, 6) is 0.555. The average Bonchev–Trinajstić information content (AvgIpc) is 2.92. The van der Waals surface area contributed by atoms with Crippen molar-refractivity contribution in [2.45, 2.75) is 20.3 Å². The van der Waals surface area contributed by atoms with Gasteiger partial charge in [-0.2, -0.15) is 0 Å². The monoisotopic (exact) mass is 324 g/mol. The first-order valence-electron chi connectivity index (χ1n) is 7.60. The number of halogens is 1. The Morgan fingerprint density at radius 3 is 2.62 bits per heavy atom. The highest BCUT2D eigenvalue weighted by Crippen LogP contribution is 2.22. The molecule has 24 heavy (non-hydrogen) atoms. The minimum Gasteiger partial charge on any atom is -0.441 e. The molecule has 1 heterocycles. The van der Waals surface area contributed by atoms with Gasteiger partial charge in [0, 0.05) is 11.3 Å². The topological polar surface area (TPSA) is 55.1 Å². The molecule has 0 aliphatic carbocycles. The van der Waals surface area contributed by atoms with E-state index in [1.807, 2.05) is 30.3 Å². The molecule has 0 unspecified atom stereocenters.